The van der Waals surface area contributed by atoms with E-state index in [1.54, 1.807) is 18.9 Å². The number of hydrogen-bond donors (Lipinski definition) is 2. The summed E-state index contributed by atoms with van der Waals surface area (Å²) in [5.41, 5.74) is 0. The third kappa shape index (κ3) is 4.70. The molecule has 0 radical (unpaired) electrons. The molecule has 0 spiro atoms. The number of ether oxygens (including phenoxy) is 2. The van der Waals surface area contributed by atoms with Crippen molar-refractivity contribution in [2.24, 2.45) is 17.8 Å². The molecule has 4 aliphatic rings. The van der Waals surface area contributed by atoms with Crippen molar-refractivity contribution in [1.29, 1.82) is 0 Å². The van der Waals surface area contributed by atoms with Crippen LogP contribution in [-0.2, 0) is 14.3 Å². The summed E-state index contributed by atoms with van der Waals surface area (Å²) in [6, 6.07) is 4.16. The summed E-state index contributed by atoms with van der Waals surface area (Å²) in [6.45, 7) is -0.195. The molecule has 1 saturated heterocycles. The fourth-order valence-corrected chi connectivity index (χ4v) is 6.12. The SMILES string of the molecule is COC1CSCC1C(=O)N[C@@H]1CC(NC(=O)COc2ccc(Cl)c(F)c2)C2CC1C2. The van der Waals surface area contributed by atoms with Crippen LogP contribution >= 0.6 is 23.4 Å². The molecule has 5 rings (SSSR count). The van der Waals surface area contributed by atoms with Gasteiger partial charge in [-0.2, -0.15) is 11.8 Å². The van der Waals surface area contributed by atoms with E-state index in [1.165, 1.54) is 12.1 Å². The smallest absolute Gasteiger partial charge is 0.258 e. The first-order valence-electron chi connectivity index (χ1n) is 10.2. The zero-order chi connectivity index (χ0) is 21.3. The number of methoxy groups -OCH3 is 1. The molecule has 3 saturated carbocycles. The predicted octanol–water partition coefficient (Wildman–Crippen LogP) is 2.64. The minimum absolute atomic E-state index is 0.00882. The maximum absolute atomic E-state index is 13.5. The van der Waals surface area contributed by atoms with Crippen LogP contribution in [-0.4, -0.2) is 55.2 Å². The summed E-state index contributed by atoms with van der Waals surface area (Å²) in [5, 5.41) is 6.26. The van der Waals surface area contributed by atoms with Crippen LogP contribution in [0.1, 0.15) is 19.3 Å². The lowest BCUT2D eigenvalue weighted by molar-refractivity contribution is -0.130. The van der Waals surface area contributed by atoms with E-state index in [0.717, 1.165) is 36.8 Å². The van der Waals surface area contributed by atoms with Gasteiger partial charge >= 0.3 is 0 Å². The molecule has 0 aromatic heterocycles. The fraction of sp³-hybridized carbons (Fsp3) is 0.619. The second-order valence-electron chi connectivity index (χ2n) is 8.30. The Morgan fingerprint density at radius 1 is 1.17 bits per heavy atom. The largest absolute Gasteiger partial charge is 0.484 e. The molecule has 4 atom stereocenters. The highest BCUT2D eigenvalue weighted by molar-refractivity contribution is 7.99. The summed E-state index contributed by atoms with van der Waals surface area (Å²) in [5.74, 6) is 1.92. The fourth-order valence-electron chi connectivity index (χ4n) is 4.64. The molecule has 30 heavy (non-hydrogen) atoms. The molecule has 2 amide bonds. The monoisotopic (exact) mass is 456 g/mol. The maximum Gasteiger partial charge on any atom is 0.258 e. The van der Waals surface area contributed by atoms with E-state index in [0.29, 0.717) is 11.8 Å². The summed E-state index contributed by atoms with van der Waals surface area (Å²) in [6.07, 6.45) is 2.71. The first-order chi connectivity index (χ1) is 14.4. The van der Waals surface area contributed by atoms with Gasteiger partial charge in [0, 0.05) is 36.8 Å². The van der Waals surface area contributed by atoms with E-state index in [4.69, 9.17) is 21.1 Å². The molecule has 1 aromatic rings. The van der Waals surface area contributed by atoms with Gasteiger partial charge in [-0.1, -0.05) is 11.6 Å². The summed E-state index contributed by atoms with van der Waals surface area (Å²) in [7, 11) is 1.65. The Hall–Kier alpha value is -1.51. The molecular formula is C21H26ClFN2O4S. The van der Waals surface area contributed by atoms with Gasteiger partial charge in [-0.3, -0.25) is 9.59 Å². The van der Waals surface area contributed by atoms with Gasteiger partial charge in [-0.25, -0.2) is 4.39 Å². The standard InChI is InChI=1S/C21H26ClFN2O4S/c1-28-19-10-30-9-14(19)21(27)25-18-7-17(11-4-12(18)5-11)24-20(26)8-29-13-2-3-15(22)16(23)6-13/h2-3,6,11-12,14,17-19H,4-5,7-10H2,1H3,(H,24,26)(H,25,27)/t11?,12?,14?,17?,18-,19?/m1/s1. The first-order valence-corrected chi connectivity index (χ1v) is 11.8. The molecule has 1 aliphatic heterocycles. The number of amides is 2. The summed E-state index contributed by atoms with van der Waals surface area (Å²) in [4.78, 5) is 25.1. The number of carbonyl (C=O) groups excluding carboxylic acids is 2. The molecule has 2 N–H and O–H groups in total. The molecule has 6 nitrogen and oxygen atoms in total. The van der Waals surface area contributed by atoms with Crippen LogP contribution in [0.5, 0.6) is 5.75 Å². The molecule has 164 valence electrons. The lowest BCUT2D eigenvalue weighted by atomic mass is 9.60. The average molecular weight is 457 g/mol. The van der Waals surface area contributed by atoms with Gasteiger partial charge in [-0.15, -0.1) is 0 Å². The van der Waals surface area contributed by atoms with Crippen molar-refractivity contribution in [2.75, 3.05) is 25.2 Å². The van der Waals surface area contributed by atoms with Crippen LogP contribution in [0.15, 0.2) is 18.2 Å². The van der Waals surface area contributed by atoms with Crippen LogP contribution in [0.4, 0.5) is 4.39 Å². The summed E-state index contributed by atoms with van der Waals surface area (Å²) >= 11 is 7.39. The normalized spacial score (nSPS) is 32.2. The van der Waals surface area contributed by atoms with Crippen molar-refractivity contribution in [2.45, 2.75) is 37.5 Å². The zero-order valence-electron chi connectivity index (χ0n) is 16.7. The molecule has 2 bridgehead atoms. The topological polar surface area (TPSA) is 76.7 Å². The van der Waals surface area contributed by atoms with Gasteiger partial charge in [0.25, 0.3) is 5.91 Å². The van der Waals surface area contributed by atoms with Gasteiger partial charge in [0.05, 0.1) is 17.0 Å². The Kier molecular flexibility index (Phi) is 6.75. The van der Waals surface area contributed by atoms with Crippen molar-refractivity contribution >= 4 is 35.2 Å². The lowest BCUT2D eigenvalue weighted by Gasteiger charge is -2.51. The first kappa shape index (κ1) is 21.7. The van der Waals surface area contributed by atoms with E-state index in [2.05, 4.69) is 10.6 Å². The minimum atomic E-state index is -0.586. The van der Waals surface area contributed by atoms with E-state index < -0.39 is 5.82 Å². The van der Waals surface area contributed by atoms with Gasteiger partial charge < -0.3 is 20.1 Å². The third-order valence-electron chi connectivity index (χ3n) is 6.46. The molecule has 4 fully saturated rings. The lowest BCUT2D eigenvalue weighted by Crippen LogP contribution is -2.61. The Balaban J connectivity index is 1.27. The minimum Gasteiger partial charge on any atom is -0.484 e. The van der Waals surface area contributed by atoms with Crippen LogP contribution < -0.4 is 15.4 Å². The van der Waals surface area contributed by atoms with Crippen LogP contribution in [0.2, 0.25) is 5.02 Å². The van der Waals surface area contributed by atoms with E-state index >= 15 is 0 Å². The van der Waals surface area contributed by atoms with Gasteiger partial charge in [0.15, 0.2) is 6.61 Å². The average Bonchev–Trinajstić information content (AvgIpc) is 3.17. The number of benzene rings is 1. The Morgan fingerprint density at radius 3 is 2.60 bits per heavy atom. The van der Waals surface area contributed by atoms with Crippen molar-refractivity contribution < 1.29 is 23.5 Å². The molecular weight excluding hydrogens is 431 g/mol. The van der Waals surface area contributed by atoms with Gasteiger partial charge in [0.1, 0.15) is 11.6 Å². The number of fused-ring (bicyclic) bond motifs is 2. The Bertz CT molecular complexity index is 807. The van der Waals surface area contributed by atoms with E-state index in [1.807, 2.05) is 0 Å². The van der Waals surface area contributed by atoms with E-state index in [9.17, 15) is 14.0 Å². The summed E-state index contributed by atoms with van der Waals surface area (Å²) < 4.78 is 24.3. The van der Waals surface area contributed by atoms with Crippen molar-refractivity contribution in [3.63, 3.8) is 0 Å². The number of thioether (sulfide) groups is 1. The van der Waals surface area contributed by atoms with Crippen LogP contribution in [0.3, 0.4) is 0 Å². The maximum atomic E-state index is 13.5. The molecule has 3 unspecified atom stereocenters. The molecule has 1 aromatic carbocycles. The number of halogens is 2. The number of carbonyl (C=O) groups is 2. The second kappa shape index (κ2) is 9.32. The second-order valence-corrected chi connectivity index (χ2v) is 9.78. The zero-order valence-corrected chi connectivity index (χ0v) is 18.3. The number of nitrogens with one attached hydrogen (secondary N) is 2. The van der Waals surface area contributed by atoms with Crippen molar-refractivity contribution in [3.8, 4) is 5.75 Å². The van der Waals surface area contributed by atoms with Crippen LogP contribution in [0, 0.1) is 23.6 Å². The van der Waals surface area contributed by atoms with E-state index in [-0.39, 0.29) is 53.3 Å². The number of hydrogen-bond acceptors (Lipinski definition) is 5. The third-order valence-corrected chi connectivity index (χ3v) is 7.93. The number of rotatable bonds is 7. The molecule has 3 aliphatic carbocycles. The Labute approximate surface area is 184 Å². The quantitative estimate of drug-likeness (QED) is 0.659. The van der Waals surface area contributed by atoms with Crippen molar-refractivity contribution in [3.05, 3.63) is 29.0 Å². The highest BCUT2D eigenvalue weighted by Gasteiger charge is 2.47. The Morgan fingerprint density at radius 2 is 1.90 bits per heavy atom. The predicted molar refractivity (Wildman–Crippen MR) is 113 cm³/mol. The van der Waals surface area contributed by atoms with Crippen molar-refractivity contribution in [1.82, 2.24) is 10.6 Å². The van der Waals surface area contributed by atoms with Crippen LogP contribution in [0.25, 0.3) is 0 Å². The molecule has 9 heteroatoms. The highest BCUT2D eigenvalue weighted by atomic mass is 35.5. The van der Waals surface area contributed by atoms with Gasteiger partial charge in [-0.05, 0) is 43.2 Å². The molecule has 1 heterocycles. The van der Waals surface area contributed by atoms with Gasteiger partial charge in [0.2, 0.25) is 5.91 Å². The highest BCUT2D eigenvalue weighted by Crippen LogP contribution is 2.46.